The monoisotopic (exact) mass is 327 g/mol. The Balaban J connectivity index is 1.71. The van der Waals surface area contributed by atoms with Crippen molar-refractivity contribution in [3.8, 4) is 0 Å². The second-order valence-corrected chi connectivity index (χ2v) is 7.04. The Labute approximate surface area is 143 Å². The molecule has 1 aromatic rings. The Morgan fingerprint density at radius 3 is 2.88 bits per heavy atom. The van der Waals surface area contributed by atoms with Gasteiger partial charge in [-0.2, -0.15) is 0 Å². The molecular formula is C19H25N3O2. The van der Waals surface area contributed by atoms with Crippen LogP contribution in [-0.2, 0) is 16.0 Å². The van der Waals surface area contributed by atoms with Gasteiger partial charge in [0.2, 0.25) is 11.8 Å². The quantitative estimate of drug-likeness (QED) is 0.795. The second-order valence-electron chi connectivity index (χ2n) is 7.04. The maximum absolute atomic E-state index is 12.7. The van der Waals surface area contributed by atoms with Gasteiger partial charge in [0, 0.05) is 38.1 Å². The minimum absolute atomic E-state index is 0.0489. The molecule has 2 atom stereocenters. The van der Waals surface area contributed by atoms with Crippen molar-refractivity contribution in [3.63, 3.8) is 0 Å². The van der Waals surface area contributed by atoms with Gasteiger partial charge < -0.3 is 9.80 Å². The van der Waals surface area contributed by atoms with Gasteiger partial charge in [0.05, 0.1) is 12.3 Å². The number of amides is 2. The van der Waals surface area contributed by atoms with Crippen molar-refractivity contribution in [1.82, 2.24) is 14.8 Å². The fourth-order valence-corrected chi connectivity index (χ4v) is 3.55. The largest absolute Gasteiger partial charge is 0.340 e. The van der Waals surface area contributed by atoms with Crippen LogP contribution in [0.15, 0.2) is 36.2 Å². The average Bonchev–Trinajstić information content (AvgIpc) is 2.85. The summed E-state index contributed by atoms with van der Waals surface area (Å²) in [5, 5.41) is 0. The molecule has 2 bridgehead atoms. The minimum atomic E-state index is -0.0489. The van der Waals surface area contributed by atoms with Gasteiger partial charge in [0.1, 0.15) is 0 Å². The molecule has 0 aromatic carbocycles. The van der Waals surface area contributed by atoms with Crippen LogP contribution in [0.1, 0.15) is 32.3 Å². The lowest BCUT2D eigenvalue weighted by atomic mass is 9.94. The summed E-state index contributed by atoms with van der Waals surface area (Å²) in [7, 11) is 0. The summed E-state index contributed by atoms with van der Waals surface area (Å²) in [4.78, 5) is 33.3. The van der Waals surface area contributed by atoms with E-state index in [1.165, 1.54) is 5.57 Å². The Morgan fingerprint density at radius 1 is 1.33 bits per heavy atom. The van der Waals surface area contributed by atoms with E-state index in [9.17, 15) is 9.59 Å². The number of hydrogen-bond acceptors (Lipinski definition) is 3. The Kier molecular flexibility index (Phi) is 4.97. The van der Waals surface area contributed by atoms with Gasteiger partial charge in [-0.15, -0.1) is 0 Å². The SMILES string of the molecule is CC(C)=CCN1C(=O)C2CCC1CN(C(=O)Cc1cccnc1)C2. The molecule has 0 spiro atoms. The van der Waals surface area contributed by atoms with Crippen LogP contribution >= 0.6 is 0 Å². The highest BCUT2D eigenvalue weighted by Crippen LogP contribution is 2.29. The molecule has 128 valence electrons. The predicted octanol–water partition coefficient (Wildman–Crippen LogP) is 2.04. The third-order valence-corrected chi connectivity index (χ3v) is 4.92. The molecule has 4 rings (SSSR count). The summed E-state index contributed by atoms with van der Waals surface area (Å²) in [6.45, 7) is 5.96. The molecular weight excluding hydrogens is 302 g/mol. The molecule has 2 amide bonds. The fourth-order valence-electron chi connectivity index (χ4n) is 3.55. The van der Waals surface area contributed by atoms with E-state index in [-0.39, 0.29) is 23.8 Å². The Hall–Kier alpha value is -2.17. The number of nitrogens with zero attached hydrogens (tertiary/aromatic N) is 3. The summed E-state index contributed by atoms with van der Waals surface area (Å²) in [5.41, 5.74) is 2.14. The van der Waals surface area contributed by atoms with E-state index < -0.39 is 0 Å². The number of aromatic nitrogens is 1. The maximum Gasteiger partial charge on any atom is 0.228 e. The van der Waals surface area contributed by atoms with Crippen LogP contribution in [0.25, 0.3) is 0 Å². The van der Waals surface area contributed by atoms with Crippen molar-refractivity contribution in [1.29, 1.82) is 0 Å². The first-order chi connectivity index (χ1) is 11.5. The summed E-state index contributed by atoms with van der Waals surface area (Å²) in [6.07, 6.45) is 7.78. The van der Waals surface area contributed by atoms with Crippen LogP contribution in [0, 0.1) is 5.92 Å². The molecule has 2 unspecified atom stereocenters. The number of carbonyl (C=O) groups is 2. The van der Waals surface area contributed by atoms with Gasteiger partial charge in [-0.05, 0) is 38.3 Å². The molecule has 0 aliphatic carbocycles. The summed E-state index contributed by atoms with van der Waals surface area (Å²) in [6, 6.07) is 3.91. The zero-order valence-corrected chi connectivity index (χ0v) is 14.4. The molecule has 4 heterocycles. The lowest BCUT2D eigenvalue weighted by Crippen LogP contribution is -2.48. The normalized spacial score (nSPS) is 23.2. The van der Waals surface area contributed by atoms with Gasteiger partial charge in [-0.1, -0.05) is 17.7 Å². The van der Waals surface area contributed by atoms with Crippen LogP contribution in [-0.4, -0.2) is 52.3 Å². The molecule has 3 aliphatic rings. The van der Waals surface area contributed by atoms with Crippen LogP contribution in [0.4, 0.5) is 0 Å². The molecule has 3 fully saturated rings. The van der Waals surface area contributed by atoms with E-state index >= 15 is 0 Å². The summed E-state index contributed by atoms with van der Waals surface area (Å²) < 4.78 is 0. The number of allylic oxidation sites excluding steroid dienone is 1. The smallest absolute Gasteiger partial charge is 0.228 e. The minimum Gasteiger partial charge on any atom is -0.340 e. The molecule has 0 radical (unpaired) electrons. The van der Waals surface area contributed by atoms with Crippen molar-refractivity contribution in [3.05, 3.63) is 41.7 Å². The third kappa shape index (κ3) is 3.66. The highest BCUT2D eigenvalue weighted by molar-refractivity contribution is 5.84. The molecule has 3 aliphatic heterocycles. The van der Waals surface area contributed by atoms with Crippen molar-refractivity contribution in [2.24, 2.45) is 5.92 Å². The molecule has 3 saturated heterocycles. The van der Waals surface area contributed by atoms with Crippen molar-refractivity contribution in [2.75, 3.05) is 19.6 Å². The topological polar surface area (TPSA) is 53.5 Å². The van der Waals surface area contributed by atoms with Gasteiger partial charge in [-0.3, -0.25) is 14.6 Å². The second kappa shape index (κ2) is 7.16. The van der Waals surface area contributed by atoms with E-state index in [1.807, 2.05) is 35.8 Å². The van der Waals surface area contributed by atoms with Crippen molar-refractivity contribution < 1.29 is 9.59 Å². The summed E-state index contributed by atoms with van der Waals surface area (Å²) >= 11 is 0. The molecule has 0 N–H and O–H groups in total. The standard InChI is InChI=1S/C19H25N3O2/c1-14(2)7-9-22-17-6-5-16(19(22)24)12-21(13-17)18(23)10-15-4-3-8-20-11-15/h3-4,7-8,11,16-17H,5-6,9-10,12-13H2,1-2H3. The first kappa shape index (κ1) is 16.7. The van der Waals surface area contributed by atoms with E-state index in [4.69, 9.17) is 0 Å². The van der Waals surface area contributed by atoms with Crippen molar-refractivity contribution >= 4 is 11.8 Å². The molecule has 1 aromatic heterocycles. The van der Waals surface area contributed by atoms with E-state index in [0.29, 0.717) is 26.1 Å². The zero-order chi connectivity index (χ0) is 17.1. The number of rotatable bonds is 4. The van der Waals surface area contributed by atoms with Crippen LogP contribution in [0.2, 0.25) is 0 Å². The zero-order valence-electron chi connectivity index (χ0n) is 14.4. The van der Waals surface area contributed by atoms with Crippen molar-refractivity contribution in [2.45, 2.75) is 39.2 Å². The number of carbonyl (C=O) groups excluding carboxylic acids is 2. The first-order valence-electron chi connectivity index (χ1n) is 8.65. The van der Waals surface area contributed by atoms with E-state index in [0.717, 1.165) is 18.4 Å². The molecule has 5 heteroatoms. The maximum atomic E-state index is 12.7. The van der Waals surface area contributed by atoms with Crippen LogP contribution < -0.4 is 0 Å². The Bertz CT molecular complexity index is 637. The Morgan fingerprint density at radius 2 is 2.17 bits per heavy atom. The van der Waals surface area contributed by atoms with Gasteiger partial charge in [0.25, 0.3) is 0 Å². The fraction of sp³-hybridized carbons (Fsp3) is 0.526. The third-order valence-electron chi connectivity index (χ3n) is 4.92. The first-order valence-corrected chi connectivity index (χ1v) is 8.65. The predicted molar refractivity (Wildman–Crippen MR) is 92.2 cm³/mol. The van der Waals surface area contributed by atoms with Crippen LogP contribution in [0.3, 0.4) is 0 Å². The van der Waals surface area contributed by atoms with Gasteiger partial charge >= 0.3 is 0 Å². The highest BCUT2D eigenvalue weighted by atomic mass is 16.2. The van der Waals surface area contributed by atoms with Gasteiger partial charge in [-0.25, -0.2) is 0 Å². The van der Waals surface area contributed by atoms with Crippen LogP contribution in [0.5, 0.6) is 0 Å². The lowest BCUT2D eigenvalue weighted by Gasteiger charge is -2.35. The number of pyridine rings is 1. The highest BCUT2D eigenvalue weighted by Gasteiger charge is 2.41. The number of fused-ring (bicyclic) bond motifs is 4. The molecule has 5 nitrogen and oxygen atoms in total. The summed E-state index contributed by atoms with van der Waals surface area (Å²) in [5.74, 6) is 0.254. The van der Waals surface area contributed by atoms with Gasteiger partial charge in [0.15, 0.2) is 0 Å². The number of hydrogen-bond donors (Lipinski definition) is 0. The average molecular weight is 327 g/mol. The molecule has 24 heavy (non-hydrogen) atoms. The van der Waals surface area contributed by atoms with E-state index in [2.05, 4.69) is 11.1 Å². The van der Waals surface area contributed by atoms with E-state index in [1.54, 1.807) is 12.4 Å². The molecule has 0 saturated carbocycles. The number of piperidine rings is 1. The lowest BCUT2D eigenvalue weighted by molar-refractivity contribution is -0.139.